The third-order valence-electron chi connectivity index (χ3n) is 1.78. The molecule has 0 bridgehead atoms. The van der Waals surface area contributed by atoms with Crippen molar-refractivity contribution < 1.29 is 4.92 Å². The van der Waals surface area contributed by atoms with Crippen molar-refractivity contribution in [1.29, 1.82) is 0 Å². The molecule has 0 amide bonds. The number of thioether (sulfide) groups is 1. The van der Waals surface area contributed by atoms with Crippen LogP contribution in [0.15, 0.2) is 23.4 Å². The number of pyridine rings is 1. The smallest absolute Gasteiger partial charge is 0.258 e. The summed E-state index contributed by atoms with van der Waals surface area (Å²) in [5, 5.41) is 11.4. The van der Waals surface area contributed by atoms with Gasteiger partial charge in [-0.1, -0.05) is 18.7 Å². The van der Waals surface area contributed by atoms with Crippen molar-refractivity contribution in [2.75, 3.05) is 5.88 Å². The first-order chi connectivity index (χ1) is 7.15. The molecule has 0 aliphatic rings. The minimum Gasteiger partial charge on any atom is -0.258 e. The van der Waals surface area contributed by atoms with Gasteiger partial charge in [-0.25, -0.2) is 4.98 Å². The molecule has 1 unspecified atom stereocenters. The van der Waals surface area contributed by atoms with E-state index in [1.54, 1.807) is 12.3 Å². The van der Waals surface area contributed by atoms with Gasteiger partial charge in [0.05, 0.1) is 4.92 Å². The van der Waals surface area contributed by atoms with Crippen molar-refractivity contribution in [2.45, 2.75) is 23.6 Å². The molecule has 1 rings (SSSR count). The second kappa shape index (κ2) is 5.92. The van der Waals surface area contributed by atoms with Crippen molar-refractivity contribution >= 4 is 29.1 Å². The molecule has 0 spiro atoms. The average molecular weight is 247 g/mol. The Labute approximate surface area is 97.2 Å². The van der Waals surface area contributed by atoms with Crippen molar-refractivity contribution in [3.8, 4) is 0 Å². The lowest BCUT2D eigenvalue weighted by Gasteiger charge is -2.07. The molecule has 0 N–H and O–H groups in total. The van der Waals surface area contributed by atoms with E-state index in [9.17, 15) is 10.1 Å². The van der Waals surface area contributed by atoms with Crippen molar-refractivity contribution in [3.05, 3.63) is 28.4 Å². The van der Waals surface area contributed by atoms with Gasteiger partial charge in [-0.15, -0.1) is 11.6 Å². The van der Waals surface area contributed by atoms with E-state index >= 15 is 0 Å². The summed E-state index contributed by atoms with van der Waals surface area (Å²) in [6.07, 6.45) is 2.36. The van der Waals surface area contributed by atoms with Crippen LogP contribution in [-0.2, 0) is 0 Å². The van der Waals surface area contributed by atoms with E-state index in [4.69, 9.17) is 11.6 Å². The summed E-state index contributed by atoms with van der Waals surface area (Å²) in [4.78, 5) is 14.3. The number of nitrogens with zero attached hydrogens (tertiary/aromatic N) is 2. The lowest BCUT2D eigenvalue weighted by atomic mass is 10.4. The first kappa shape index (κ1) is 12.3. The molecule has 0 saturated carbocycles. The molecule has 1 aromatic rings. The molecule has 82 valence electrons. The Hall–Kier alpha value is -0.810. The van der Waals surface area contributed by atoms with E-state index < -0.39 is 4.92 Å². The van der Waals surface area contributed by atoms with Crippen molar-refractivity contribution in [1.82, 2.24) is 4.98 Å². The van der Waals surface area contributed by atoms with Crippen LogP contribution in [0.2, 0.25) is 0 Å². The molecule has 0 fully saturated rings. The fourth-order valence-corrected chi connectivity index (χ4v) is 2.47. The molecule has 15 heavy (non-hydrogen) atoms. The van der Waals surface area contributed by atoms with Crippen LogP contribution in [0, 0.1) is 10.1 Å². The van der Waals surface area contributed by atoms with Gasteiger partial charge < -0.3 is 0 Å². The van der Waals surface area contributed by atoms with Crippen LogP contribution < -0.4 is 0 Å². The lowest BCUT2D eigenvalue weighted by molar-refractivity contribution is -0.388. The number of hydrogen-bond donors (Lipinski definition) is 0. The second-order valence-corrected chi connectivity index (χ2v) is 4.80. The zero-order valence-electron chi connectivity index (χ0n) is 8.22. The Morgan fingerprint density at radius 1 is 1.73 bits per heavy atom. The fraction of sp³-hybridized carbons (Fsp3) is 0.444. The van der Waals surface area contributed by atoms with Crippen LogP contribution in [0.4, 0.5) is 5.69 Å². The number of nitro groups is 1. The molecule has 0 aliphatic heterocycles. The van der Waals surface area contributed by atoms with E-state index in [0.29, 0.717) is 10.9 Å². The molecular formula is C9H11ClN2O2S. The third-order valence-corrected chi connectivity index (χ3v) is 3.17. The molecule has 0 radical (unpaired) electrons. The van der Waals surface area contributed by atoms with Gasteiger partial charge in [0.2, 0.25) is 0 Å². The maximum atomic E-state index is 10.7. The Morgan fingerprint density at radius 3 is 3.07 bits per heavy atom. The Balaban J connectivity index is 2.79. The highest BCUT2D eigenvalue weighted by Gasteiger charge is 2.16. The van der Waals surface area contributed by atoms with Crippen LogP contribution in [0.1, 0.15) is 13.3 Å². The van der Waals surface area contributed by atoms with Crippen LogP contribution in [0.3, 0.4) is 0 Å². The molecule has 1 aromatic heterocycles. The van der Waals surface area contributed by atoms with Gasteiger partial charge in [0.15, 0.2) is 5.03 Å². The SMILES string of the molecule is CC(CCCl)Sc1ncccc1[N+](=O)[O-]. The van der Waals surface area contributed by atoms with E-state index in [1.165, 1.54) is 17.8 Å². The summed E-state index contributed by atoms with van der Waals surface area (Å²) in [5.41, 5.74) is 0.0592. The molecule has 0 saturated heterocycles. The molecule has 0 aromatic carbocycles. The Kier molecular flexibility index (Phi) is 4.84. The summed E-state index contributed by atoms with van der Waals surface area (Å²) < 4.78 is 0. The lowest BCUT2D eigenvalue weighted by Crippen LogP contribution is -2.00. The topological polar surface area (TPSA) is 56.0 Å². The molecular weight excluding hydrogens is 236 g/mol. The largest absolute Gasteiger partial charge is 0.301 e. The minimum atomic E-state index is -0.414. The van der Waals surface area contributed by atoms with Gasteiger partial charge in [-0.3, -0.25) is 10.1 Å². The molecule has 0 aliphatic carbocycles. The Bertz CT molecular complexity index is 349. The Morgan fingerprint density at radius 2 is 2.47 bits per heavy atom. The molecule has 4 nitrogen and oxygen atoms in total. The quantitative estimate of drug-likeness (QED) is 0.347. The van der Waals surface area contributed by atoms with Gasteiger partial charge >= 0.3 is 5.69 Å². The van der Waals surface area contributed by atoms with E-state index in [0.717, 1.165) is 6.42 Å². The monoisotopic (exact) mass is 246 g/mol. The first-order valence-corrected chi connectivity index (χ1v) is 5.88. The number of hydrogen-bond acceptors (Lipinski definition) is 4. The van der Waals surface area contributed by atoms with Crippen LogP contribution in [-0.4, -0.2) is 21.0 Å². The van der Waals surface area contributed by atoms with Crippen LogP contribution in [0.5, 0.6) is 0 Å². The van der Waals surface area contributed by atoms with Gasteiger partial charge in [0.1, 0.15) is 0 Å². The maximum absolute atomic E-state index is 10.7. The van der Waals surface area contributed by atoms with Crippen LogP contribution >= 0.6 is 23.4 Å². The van der Waals surface area contributed by atoms with E-state index in [-0.39, 0.29) is 10.9 Å². The number of alkyl halides is 1. The zero-order valence-corrected chi connectivity index (χ0v) is 9.79. The predicted molar refractivity (Wildman–Crippen MR) is 61.5 cm³/mol. The standard InChI is InChI=1S/C9H11ClN2O2S/c1-7(4-5-10)15-9-8(12(13)14)3-2-6-11-9/h2-3,6-7H,4-5H2,1H3. The summed E-state index contributed by atoms with van der Waals surface area (Å²) >= 11 is 6.98. The fourth-order valence-electron chi connectivity index (χ4n) is 1.02. The van der Waals surface area contributed by atoms with Gasteiger partial charge in [-0.2, -0.15) is 0 Å². The summed E-state index contributed by atoms with van der Waals surface area (Å²) in [7, 11) is 0. The third kappa shape index (κ3) is 3.68. The zero-order chi connectivity index (χ0) is 11.3. The number of aromatic nitrogens is 1. The highest BCUT2D eigenvalue weighted by molar-refractivity contribution is 8.00. The average Bonchev–Trinajstić information content (AvgIpc) is 2.18. The minimum absolute atomic E-state index is 0.0592. The normalized spacial score (nSPS) is 12.4. The highest BCUT2D eigenvalue weighted by Crippen LogP contribution is 2.30. The first-order valence-electron chi connectivity index (χ1n) is 4.47. The molecule has 6 heteroatoms. The van der Waals surface area contributed by atoms with Gasteiger partial charge in [0, 0.05) is 23.4 Å². The van der Waals surface area contributed by atoms with Crippen molar-refractivity contribution in [3.63, 3.8) is 0 Å². The number of halogens is 1. The maximum Gasteiger partial charge on any atom is 0.301 e. The predicted octanol–water partition coefficient (Wildman–Crippen LogP) is 3.10. The second-order valence-electron chi connectivity index (χ2n) is 2.99. The van der Waals surface area contributed by atoms with Gasteiger partial charge in [-0.05, 0) is 12.5 Å². The van der Waals surface area contributed by atoms with E-state index in [1.807, 2.05) is 6.92 Å². The summed E-state index contributed by atoms with van der Waals surface area (Å²) in [6.45, 7) is 1.98. The summed E-state index contributed by atoms with van der Waals surface area (Å²) in [5.74, 6) is 0.550. The van der Waals surface area contributed by atoms with E-state index in [2.05, 4.69) is 4.98 Å². The van der Waals surface area contributed by atoms with Crippen molar-refractivity contribution in [2.24, 2.45) is 0 Å². The summed E-state index contributed by atoms with van der Waals surface area (Å²) in [6, 6.07) is 3.02. The van der Waals surface area contributed by atoms with Crippen LogP contribution in [0.25, 0.3) is 0 Å². The van der Waals surface area contributed by atoms with Gasteiger partial charge in [0.25, 0.3) is 0 Å². The molecule has 1 heterocycles. The molecule has 1 atom stereocenters. The number of rotatable bonds is 5. The highest BCUT2D eigenvalue weighted by atomic mass is 35.5.